The summed E-state index contributed by atoms with van der Waals surface area (Å²) in [5.41, 5.74) is 0. The SMILES string of the molecule is N#C[C@H]1C[C@H]1Oc1ccccc1. The standard InChI is InChI=1S/C10H9NO/c11-7-8-6-10(8)12-9-4-2-1-3-5-9/h1-5,8,10H,6H2/t8-,10-/m1/s1. The molecule has 1 aromatic carbocycles. The summed E-state index contributed by atoms with van der Waals surface area (Å²) >= 11 is 0. The van der Waals surface area contributed by atoms with Crippen LogP contribution in [0.25, 0.3) is 0 Å². The van der Waals surface area contributed by atoms with Gasteiger partial charge >= 0.3 is 0 Å². The van der Waals surface area contributed by atoms with Gasteiger partial charge in [-0.2, -0.15) is 5.26 Å². The summed E-state index contributed by atoms with van der Waals surface area (Å²) in [6.07, 6.45) is 1.02. The number of ether oxygens (including phenoxy) is 1. The van der Waals surface area contributed by atoms with E-state index in [1.165, 1.54) is 0 Å². The number of rotatable bonds is 2. The average molecular weight is 159 g/mol. The zero-order valence-electron chi connectivity index (χ0n) is 6.60. The Morgan fingerprint density at radius 3 is 2.67 bits per heavy atom. The van der Waals surface area contributed by atoms with E-state index < -0.39 is 0 Å². The summed E-state index contributed by atoms with van der Waals surface area (Å²) in [6.45, 7) is 0. The molecule has 0 N–H and O–H groups in total. The van der Waals surface area contributed by atoms with Crippen molar-refractivity contribution in [1.82, 2.24) is 0 Å². The fraction of sp³-hybridized carbons (Fsp3) is 0.300. The van der Waals surface area contributed by atoms with Crippen LogP contribution in [0.5, 0.6) is 5.75 Å². The van der Waals surface area contributed by atoms with Gasteiger partial charge in [-0.1, -0.05) is 18.2 Å². The van der Waals surface area contributed by atoms with Gasteiger partial charge < -0.3 is 4.74 Å². The maximum absolute atomic E-state index is 8.52. The Balaban J connectivity index is 1.95. The highest BCUT2D eigenvalue weighted by Crippen LogP contribution is 2.33. The molecule has 2 nitrogen and oxygen atoms in total. The maximum Gasteiger partial charge on any atom is 0.119 e. The third-order valence-corrected chi connectivity index (χ3v) is 1.93. The second-order valence-corrected chi connectivity index (χ2v) is 2.94. The second-order valence-electron chi connectivity index (χ2n) is 2.94. The van der Waals surface area contributed by atoms with Crippen LogP contribution in [-0.4, -0.2) is 6.10 Å². The Bertz CT molecular complexity index is 301. The summed E-state index contributed by atoms with van der Waals surface area (Å²) in [5.74, 6) is 0.977. The van der Waals surface area contributed by atoms with E-state index in [4.69, 9.17) is 10.00 Å². The van der Waals surface area contributed by atoms with Crippen LogP contribution < -0.4 is 4.74 Å². The molecule has 0 amide bonds. The topological polar surface area (TPSA) is 33.0 Å². The maximum atomic E-state index is 8.52. The monoisotopic (exact) mass is 159 g/mol. The predicted octanol–water partition coefficient (Wildman–Crippen LogP) is 1.98. The number of benzene rings is 1. The predicted molar refractivity (Wildman–Crippen MR) is 44.6 cm³/mol. The van der Waals surface area contributed by atoms with E-state index in [-0.39, 0.29) is 12.0 Å². The van der Waals surface area contributed by atoms with Gasteiger partial charge in [-0.3, -0.25) is 0 Å². The van der Waals surface area contributed by atoms with Crippen molar-refractivity contribution >= 4 is 0 Å². The molecule has 0 saturated heterocycles. The number of para-hydroxylation sites is 1. The molecule has 2 heteroatoms. The molecule has 2 rings (SSSR count). The first-order chi connectivity index (χ1) is 5.90. The minimum Gasteiger partial charge on any atom is -0.489 e. The van der Waals surface area contributed by atoms with Gasteiger partial charge in [0.25, 0.3) is 0 Å². The minimum absolute atomic E-state index is 0.116. The normalized spacial score (nSPS) is 25.9. The zero-order valence-corrected chi connectivity index (χ0v) is 6.60. The van der Waals surface area contributed by atoms with Gasteiger partial charge in [0.05, 0.1) is 12.0 Å². The molecule has 1 fully saturated rings. The van der Waals surface area contributed by atoms with E-state index in [1.807, 2.05) is 30.3 Å². The van der Waals surface area contributed by atoms with Crippen LogP contribution >= 0.6 is 0 Å². The fourth-order valence-electron chi connectivity index (χ4n) is 1.11. The number of hydrogen-bond donors (Lipinski definition) is 0. The first-order valence-electron chi connectivity index (χ1n) is 4.01. The van der Waals surface area contributed by atoms with E-state index in [2.05, 4.69) is 6.07 Å². The molecule has 1 saturated carbocycles. The van der Waals surface area contributed by atoms with Gasteiger partial charge in [-0.05, 0) is 12.1 Å². The van der Waals surface area contributed by atoms with Gasteiger partial charge in [-0.25, -0.2) is 0 Å². The Labute approximate surface area is 71.4 Å². The van der Waals surface area contributed by atoms with Gasteiger partial charge in [0, 0.05) is 6.42 Å². The zero-order chi connectivity index (χ0) is 8.39. The van der Waals surface area contributed by atoms with Crippen molar-refractivity contribution in [2.75, 3.05) is 0 Å². The lowest BCUT2D eigenvalue weighted by atomic mass is 10.3. The molecular formula is C10H9NO. The van der Waals surface area contributed by atoms with Gasteiger partial charge in [0.1, 0.15) is 11.9 Å². The number of nitrogens with zero attached hydrogens (tertiary/aromatic N) is 1. The Morgan fingerprint density at radius 1 is 1.33 bits per heavy atom. The average Bonchev–Trinajstić information content (AvgIpc) is 2.85. The Hall–Kier alpha value is -1.49. The molecule has 0 bridgehead atoms. The van der Waals surface area contributed by atoms with Crippen LogP contribution in [0.4, 0.5) is 0 Å². The lowest BCUT2D eigenvalue weighted by molar-refractivity contribution is 0.294. The molecule has 60 valence electrons. The highest BCUT2D eigenvalue weighted by atomic mass is 16.5. The summed E-state index contributed by atoms with van der Waals surface area (Å²) in [6, 6.07) is 11.8. The summed E-state index contributed by atoms with van der Waals surface area (Å²) < 4.78 is 5.51. The molecule has 0 spiro atoms. The molecule has 0 aromatic heterocycles. The van der Waals surface area contributed by atoms with E-state index in [9.17, 15) is 0 Å². The van der Waals surface area contributed by atoms with Crippen molar-refractivity contribution in [1.29, 1.82) is 5.26 Å². The van der Waals surface area contributed by atoms with E-state index in [0.29, 0.717) is 0 Å². The largest absolute Gasteiger partial charge is 0.489 e. The van der Waals surface area contributed by atoms with Crippen molar-refractivity contribution in [3.8, 4) is 11.8 Å². The highest BCUT2D eigenvalue weighted by Gasteiger charge is 2.39. The van der Waals surface area contributed by atoms with E-state index in [0.717, 1.165) is 12.2 Å². The van der Waals surface area contributed by atoms with Crippen molar-refractivity contribution < 1.29 is 4.74 Å². The van der Waals surface area contributed by atoms with Crippen LogP contribution in [0.15, 0.2) is 30.3 Å². The van der Waals surface area contributed by atoms with Gasteiger partial charge in [-0.15, -0.1) is 0 Å². The van der Waals surface area contributed by atoms with Crippen molar-refractivity contribution in [2.24, 2.45) is 5.92 Å². The lowest BCUT2D eigenvalue weighted by Crippen LogP contribution is -1.98. The molecule has 2 atom stereocenters. The Kier molecular flexibility index (Phi) is 1.71. The third-order valence-electron chi connectivity index (χ3n) is 1.93. The van der Waals surface area contributed by atoms with Crippen LogP contribution in [-0.2, 0) is 0 Å². The summed E-state index contributed by atoms with van der Waals surface area (Å²) in [5, 5.41) is 8.52. The van der Waals surface area contributed by atoms with Crippen LogP contribution in [0.3, 0.4) is 0 Å². The van der Waals surface area contributed by atoms with E-state index >= 15 is 0 Å². The molecule has 1 aromatic rings. The third kappa shape index (κ3) is 1.40. The number of nitriles is 1. The van der Waals surface area contributed by atoms with E-state index in [1.54, 1.807) is 0 Å². The summed E-state index contributed by atoms with van der Waals surface area (Å²) in [7, 11) is 0. The minimum atomic E-state index is 0.116. The van der Waals surface area contributed by atoms with Gasteiger partial charge in [0.15, 0.2) is 0 Å². The molecule has 1 aliphatic rings. The van der Waals surface area contributed by atoms with Crippen LogP contribution in [0.1, 0.15) is 6.42 Å². The smallest absolute Gasteiger partial charge is 0.119 e. The molecule has 0 heterocycles. The van der Waals surface area contributed by atoms with Crippen molar-refractivity contribution in [3.05, 3.63) is 30.3 Å². The fourth-order valence-corrected chi connectivity index (χ4v) is 1.11. The first kappa shape index (κ1) is 7.17. The molecule has 0 aliphatic heterocycles. The quantitative estimate of drug-likeness (QED) is 0.661. The van der Waals surface area contributed by atoms with Crippen LogP contribution in [0, 0.1) is 17.2 Å². The lowest BCUT2D eigenvalue weighted by Gasteiger charge is -2.01. The molecular weight excluding hydrogens is 150 g/mol. The highest BCUT2D eigenvalue weighted by molar-refractivity contribution is 5.23. The first-order valence-corrected chi connectivity index (χ1v) is 4.01. The van der Waals surface area contributed by atoms with Crippen molar-refractivity contribution in [2.45, 2.75) is 12.5 Å². The van der Waals surface area contributed by atoms with Crippen LogP contribution in [0.2, 0.25) is 0 Å². The van der Waals surface area contributed by atoms with Gasteiger partial charge in [0.2, 0.25) is 0 Å². The molecule has 0 radical (unpaired) electrons. The molecule has 12 heavy (non-hydrogen) atoms. The molecule has 0 unspecified atom stereocenters. The molecule has 1 aliphatic carbocycles. The second kappa shape index (κ2) is 2.86. The number of hydrogen-bond acceptors (Lipinski definition) is 2. The van der Waals surface area contributed by atoms with Crippen molar-refractivity contribution in [3.63, 3.8) is 0 Å². The summed E-state index contributed by atoms with van der Waals surface area (Å²) in [4.78, 5) is 0. The Morgan fingerprint density at radius 2 is 2.08 bits per heavy atom.